The summed E-state index contributed by atoms with van der Waals surface area (Å²) < 4.78 is 11.8. The Morgan fingerprint density at radius 3 is 2.75 bits per heavy atom. The van der Waals surface area contributed by atoms with Gasteiger partial charge in [-0.25, -0.2) is 4.98 Å². The third-order valence-corrected chi connectivity index (χ3v) is 5.99. The van der Waals surface area contributed by atoms with Crippen LogP contribution in [0.3, 0.4) is 0 Å². The fraction of sp³-hybridized carbons (Fsp3) is 0.435. The Labute approximate surface area is 192 Å². The third kappa shape index (κ3) is 6.23. The Kier molecular flexibility index (Phi) is 8.49. The minimum atomic E-state index is -0.0342. The number of carbonyl (C=O) groups is 1. The molecule has 0 spiro atoms. The maximum atomic E-state index is 11.4. The molecule has 0 bridgehead atoms. The number of hydrogen-bond acceptors (Lipinski definition) is 8. The number of ether oxygens (including phenoxy) is 2. The highest BCUT2D eigenvalue weighted by atomic mass is 32.1. The van der Waals surface area contributed by atoms with Crippen molar-refractivity contribution >= 4 is 39.2 Å². The van der Waals surface area contributed by atoms with E-state index in [1.54, 1.807) is 25.6 Å². The molecule has 1 atom stereocenters. The highest BCUT2D eigenvalue weighted by molar-refractivity contribution is 7.17. The molecule has 0 aliphatic rings. The number of benzene rings is 1. The van der Waals surface area contributed by atoms with Gasteiger partial charge < -0.3 is 25.4 Å². The van der Waals surface area contributed by atoms with Crippen molar-refractivity contribution in [3.63, 3.8) is 0 Å². The van der Waals surface area contributed by atoms with E-state index in [-0.39, 0.29) is 11.9 Å². The summed E-state index contributed by atoms with van der Waals surface area (Å²) in [6.45, 7) is 4.76. The second-order valence-electron chi connectivity index (χ2n) is 7.48. The lowest BCUT2D eigenvalue weighted by atomic mass is 10.1. The molecule has 0 unspecified atom stereocenters. The summed E-state index contributed by atoms with van der Waals surface area (Å²) in [7, 11) is 3.27. The molecule has 2 aromatic heterocycles. The van der Waals surface area contributed by atoms with E-state index in [1.807, 2.05) is 29.6 Å². The largest absolute Gasteiger partial charge is 0.497 e. The molecule has 3 N–H and O–H groups in total. The second kappa shape index (κ2) is 11.5. The molecule has 172 valence electrons. The van der Waals surface area contributed by atoms with E-state index in [2.05, 4.69) is 27.9 Å². The molecular weight excluding hydrogens is 426 g/mol. The Hall–Kier alpha value is -3.07. The number of carbonyl (C=O) groups excluding carboxylic acids is 1. The van der Waals surface area contributed by atoms with Gasteiger partial charge in [-0.05, 0) is 30.0 Å². The van der Waals surface area contributed by atoms with Crippen molar-refractivity contribution in [2.45, 2.75) is 45.7 Å². The molecule has 0 aliphatic heterocycles. The number of nitrogens with zero attached hydrogens (tertiary/aromatic N) is 2. The number of hydrogen-bond donors (Lipinski definition) is 3. The van der Waals surface area contributed by atoms with Gasteiger partial charge in [0.2, 0.25) is 11.9 Å². The first-order chi connectivity index (χ1) is 15.5. The molecule has 3 aromatic rings. The SMILES string of the molecule is CCCC[C@H](CNC(C)=O)Nc1nc(NCc2ccc(OC)cc2OC)nc2ccsc12. The number of thiophene rings is 1. The van der Waals surface area contributed by atoms with E-state index in [0.717, 1.165) is 52.4 Å². The average molecular weight is 458 g/mol. The summed E-state index contributed by atoms with van der Waals surface area (Å²) in [6.07, 6.45) is 3.10. The van der Waals surface area contributed by atoms with Crippen LogP contribution in [-0.4, -0.2) is 42.7 Å². The van der Waals surface area contributed by atoms with Crippen LogP contribution in [0.5, 0.6) is 11.5 Å². The number of unbranched alkanes of at least 4 members (excludes halogenated alkanes) is 1. The fourth-order valence-corrected chi connectivity index (χ4v) is 4.13. The lowest BCUT2D eigenvalue weighted by Gasteiger charge is -2.20. The molecule has 0 fully saturated rings. The average Bonchev–Trinajstić information content (AvgIpc) is 3.28. The molecule has 2 heterocycles. The molecular formula is C23H31N5O3S. The predicted molar refractivity (Wildman–Crippen MR) is 130 cm³/mol. The highest BCUT2D eigenvalue weighted by Crippen LogP contribution is 2.29. The predicted octanol–water partition coefficient (Wildman–Crippen LogP) is 4.43. The number of nitrogens with one attached hydrogen (secondary N) is 3. The van der Waals surface area contributed by atoms with Gasteiger partial charge in [0.15, 0.2) is 0 Å². The molecule has 1 amide bonds. The van der Waals surface area contributed by atoms with Gasteiger partial charge in [0.25, 0.3) is 0 Å². The van der Waals surface area contributed by atoms with Crippen molar-refractivity contribution in [3.8, 4) is 11.5 Å². The van der Waals surface area contributed by atoms with Crippen LogP contribution in [0.4, 0.5) is 11.8 Å². The first-order valence-corrected chi connectivity index (χ1v) is 11.6. The zero-order valence-corrected chi connectivity index (χ0v) is 19.8. The van der Waals surface area contributed by atoms with Gasteiger partial charge in [0.1, 0.15) is 17.3 Å². The molecule has 1 aromatic carbocycles. The first kappa shape index (κ1) is 23.6. The number of amides is 1. The van der Waals surface area contributed by atoms with Crippen molar-refractivity contribution in [2.75, 3.05) is 31.4 Å². The standard InChI is InChI=1S/C23H31N5O3S/c1-5-6-7-17(14-24-15(2)29)26-22-21-19(10-11-32-21)27-23(28-22)25-13-16-8-9-18(30-3)12-20(16)31-4/h8-12,17H,5-7,13-14H2,1-4H3,(H,24,29)(H2,25,26,27,28)/t17-/m1/s1. The maximum Gasteiger partial charge on any atom is 0.225 e. The minimum absolute atomic E-state index is 0.0342. The smallest absolute Gasteiger partial charge is 0.225 e. The second-order valence-corrected chi connectivity index (χ2v) is 8.40. The summed E-state index contributed by atoms with van der Waals surface area (Å²) in [5.74, 6) is 2.76. The van der Waals surface area contributed by atoms with Crippen molar-refractivity contribution < 1.29 is 14.3 Å². The molecule has 0 saturated carbocycles. The normalized spacial score (nSPS) is 11.8. The third-order valence-electron chi connectivity index (χ3n) is 5.08. The molecule has 0 aliphatic carbocycles. The van der Waals surface area contributed by atoms with E-state index >= 15 is 0 Å². The summed E-state index contributed by atoms with van der Waals surface area (Å²) in [4.78, 5) is 20.8. The van der Waals surface area contributed by atoms with Crippen LogP contribution in [0, 0.1) is 0 Å². The van der Waals surface area contributed by atoms with E-state index < -0.39 is 0 Å². The summed E-state index contributed by atoms with van der Waals surface area (Å²) >= 11 is 1.60. The zero-order valence-electron chi connectivity index (χ0n) is 19.0. The molecule has 8 nitrogen and oxygen atoms in total. The van der Waals surface area contributed by atoms with Crippen molar-refractivity contribution in [1.29, 1.82) is 0 Å². The Morgan fingerprint density at radius 2 is 2.03 bits per heavy atom. The maximum absolute atomic E-state index is 11.4. The Morgan fingerprint density at radius 1 is 1.19 bits per heavy atom. The van der Waals surface area contributed by atoms with E-state index in [9.17, 15) is 4.79 Å². The van der Waals surface area contributed by atoms with Crippen LogP contribution in [0.15, 0.2) is 29.6 Å². The number of rotatable bonds is 12. The van der Waals surface area contributed by atoms with Gasteiger partial charge in [-0.1, -0.05) is 19.8 Å². The molecule has 0 saturated heterocycles. The van der Waals surface area contributed by atoms with Crippen molar-refractivity contribution in [3.05, 3.63) is 35.2 Å². The molecule has 3 rings (SSSR count). The number of anilines is 2. The number of methoxy groups -OCH3 is 2. The van der Waals surface area contributed by atoms with Gasteiger partial charge >= 0.3 is 0 Å². The highest BCUT2D eigenvalue weighted by Gasteiger charge is 2.15. The van der Waals surface area contributed by atoms with Crippen molar-refractivity contribution in [2.24, 2.45) is 0 Å². The summed E-state index contributed by atoms with van der Waals surface area (Å²) in [5.41, 5.74) is 1.86. The Balaban J connectivity index is 1.80. The van der Waals surface area contributed by atoms with Gasteiger partial charge in [0, 0.05) is 37.7 Å². The van der Waals surface area contributed by atoms with E-state index in [0.29, 0.717) is 19.0 Å². The van der Waals surface area contributed by atoms with Gasteiger partial charge in [-0.2, -0.15) is 4.98 Å². The van der Waals surface area contributed by atoms with Gasteiger partial charge in [-0.3, -0.25) is 4.79 Å². The van der Waals surface area contributed by atoms with Gasteiger partial charge in [-0.15, -0.1) is 11.3 Å². The lowest BCUT2D eigenvalue weighted by molar-refractivity contribution is -0.119. The zero-order chi connectivity index (χ0) is 22.9. The van der Waals surface area contributed by atoms with Crippen LogP contribution in [0.2, 0.25) is 0 Å². The van der Waals surface area contributed by atoms with Crippen LogP contribution in [-0.2, 0) is 11.3 Å². The molecule has 32 heavy (non-hydrogen) atoms. The first-order valence-electron chi connectivity index (χ1n) is 10.7. The van der Waals surface area contributed by atoms with Gasteiger partial charge in [0.05, 0.1) is 24.4 Å². The minimum Gasteiger partial charge on any atom is -0.497 e. The van der Waals surface area contributed by atoms with Crippen LogP contribution >= 0.6 is 11.3 Å². The Bertz CT molecular complexity index is 1040. The number of aromatic nitrogens is 2. The summed E-state index contributed by atoms with van der Waals surface area (Å²) in [6, 6.07) is 7.79. The lowest BCUT2D eigenvalue weighted by Crippen LogP contribution is -2.35. The van der Waals surface area contributed by atoms with Crippen LogP contribution < -0.4 is 25.4 Å². The summed E-state index contributed by atoms with van der Waals surface area (Å²) in [5, 5.41) is 11.8. The van der Waals surface area contributed by atoms with E-state index in [4.69, 9.17) is 14.5 Å². The topological polar surface area (TPSA) is 97.4 Å². The molecule has 9 heteroatoms. The van der Waals surface area contributed by atoms with E-state index in [1.165, 1.54) is 6.92 Å². The molecule has 0 radical (unpaired) electrons. The number of fused-ring (bicyclic) bond motifs is 1. The van der Waals surface area contributed by atoms with Crippen LogP contribution in [0.25, 0.3) is 10.2 Å². The quantitative estimate of drug-likeness (QED) is 0.370. The van der Waals surface area contributed by atoms with Crippen LogP contribution in [0.1, 0.15) is 38.7 Å². The monoisotopic (exact) mass is 457 g/mol. The fourth-order valence-electron chi connectivity index (χ4n) is 3.35. The van der Waals surface area contributed by atoms with Crippen molar-refractivity contribution in [1.82, 2.24) is 15.3 Å².